The number of ether oxygens (including phenoxy) is 1. The zero-order valence-electron chi connectivity index (χ0n) is 9.78. The summed E-state index contributed by atoms with van der Waals surface area (Å²) in [6, 6.07) is 0. The van der Waals surface area contributed by atoms with E-state index in [0.29, 0.717) is 5.69 Å². The molecule has 6 heteroatoms. The van der Waals surface area contributed by atoms with E-state index in [1.54, 1.807) is 17.9 Å². The van der Waals surface area contributed by atoms with E-state index in [1.807, 2.05) is 0 Å². The van der Waals surface area contributed by atoms with Crippen molar-refractivity contribution in [2.75, 3.05) is 19.7 Å². The maximum atomic E-state index is 12.0. The van der Waals surface area contributed by atoms with Gasteiger partial charge in [-0.1, -0.05) is 0 Å². The van der Waals surface area contributed by atoms with Gasteiger partial charge < -0.3 is 10.1 Å². The summed E-state index contributed by atoms with van der Waals surface area (Å²) in [5, 5.41) is 7.28. The number of carbonyl (C=O) groups excluding carboxylic acids is 1. The SMILES string of the molecule is Cn1ncc(Br)c1C(=O)COC1CCNCC1. The highest BCUT2D eigenvalue weighted by Crippen LogP contribution is 2.16. The summed E-state index contributed by atoms with van der Waals surface area (Å²) in [4.78, 5) is 12.0. The molecule has 0 saturated carbocycles. The molecular weight excluding hydrogens is 286 g/mol. The maximum Gasteiger partial charge on any atom is 0.207 e. The zero-order valence-corrected chi connectivity index (χ0v) is 11.4. The molecule has 0 bridgehead atoms. The van der Waals surface area contributed by atoms with Crippen LogP contribution in [0.3, 0.4) is 0 Å². The van der Waals surface area contributed by atoms with Crippen LogP contribution in [0.15, 0.2) is 10.7 Å². The Morgan fingerprint density at radius 1 is 1.65 bits per heavy atom. The van der Waals surface area contributed by atoms with Crippen LogP contribution in [-0.4, -0.2) is 41.4 Å². The smallest absolute Gasteiger partial charge is 0.207 e. The predicted molar refractivity (Wildman–Crippen MR) is 67.1 cm³/mol. The second-order valence-corrected chi connectivity index (χ2v) is 5.00. The summed E-state index contributed by atoms with van der Waals surface area (Å²) in [5.41, 5.74) is 0.568. The number of carbonyl (C=O) groups is 1. The number of Topliss-reactive ketones (excluding diaryl/α,β-unsaturated/α-hetero) is 1. The van der Waals surface area contributed by atoms with E-state index in [4.69, 9.17) is 4.74 Å². The molecule has 0 spiro atoms. The van der Waals surface area contributed by atoms with E-state index in [2.05, 4.69) is 26.3 Å². The number of rotatable bonds is 4. The number of nitrogens with one attached hydrogen (secondary N) is 1. The monoisotopic (exact) mass is 301 g/mol. The number of piperidine rings is 1. The van der Waals surface area contributed by atoms with Crippen molar-refractivity contribution in [3.63, 3.8) is 0 Å². The van der Waals surface area contributed by atoms with Crippen LogP contribution in [0, 0.1) is 0 Å². The standard InChI is InChI=1S/C11H16BrN3O2/c1-15-11(9(12)6-14-15)10(16)7-17-8-2-4-13-5-3-8/h6,8,13H,2-5,7H2,1H3. The van der Waals surface area contributed by atoms with Crippen molar-refractivity contribution in [3.8, 4) is 0 Å². The van der Waals surface area contributed by atoms with Gasteiger partial charge in [0, 0.05) is 7.05 Å². The van der Waals surface area contributed by atoms with Crippen molar-refractivity contribution >= 4 is 21.7 Å². The van der Waals surface area contributed by atoms with Crippen LogP contribution in [0.25, 0.3) is 0 Å². The topological polar surface area (TPSA) is 56.2 Å². The molecule has 1 aromatic heterocycles. The molecule has 1 aliphatic rings. The molecule has 1 saturated heterocycles. The summed E-state index contributed by atoms with van der Waals surface area (Å²) in [7, 11) is 1.75. The lowest BCUT2D eigenvalue weighted by molar-refractivity contribution is 0.0312. The predicted octanol–water partition coefficient (Wildman–Crippen LogP) is 1.13. The van der Waals surface area contributed by atoms with Gasteiger partial charge in [-0.2, -0.15) is 5.10 Å². The first-order chi connectivity index (χ1) is 8.18. The number of nitrogens with zero attached hydrogens (tertiary/aromatic N) is 2. The van der Waals surface area contributed by atoms with Crippen LogP contribution in [-0.2, 0) is 11.8 Å². The first-order valence-corrected chi connectivity index (χ1v) is 6.51. The summed E-state index contributed by atoms with van der Waals surface area (Å²) in [6.45, 7) is 2.06. The molecule has 0 aromatic carbocycles. The molecule has 1 aromatic rings. The molecule has 1 aliphatic heterocycles. The number of aromatic nitrogens is 2. The Bertz CT molecular complexity index is 380. The van der Waals surface area contributed by atoms with E-state index in [1.165, 1.54) is 0 Å². The second kappa shape index (κ2) is 5.75. The van der Waals surface area contributed by atoms with E-state index < -0.39 is 0 Å². The van der Waals surface area contributed by atoms with Crippen molar-refractivity contribution in [1.29, 1.82) is 0 Å². The van der Waals surface area contributed by atoms with Gasteiger partial charge in [-0.25, -0.2) is 0 Å². The molecule has 5 nitrogen and oxygen atoms in total. The lowest BCUT2D eigenvalue weighted by Gasteiger charge is -2.22. The summed E-state index contributed by atoms with van der Waals surface area (Å²) < 4.78 is 7.92. The van der Waals surface area contributed by atoms with Gasteiger partial charge in [-0.05, 0) is 41.9 Å². The molecule has 0 amide bonds. The average molecular weight is 302 g/mol. The lowest BCUT2D eigenvalue weighted by Crippen LogP contribution is -2.33. The summed E-state index contributed by atoms with van der Waals surface area (Å²) in [6.07, 6.45) is 3.77. The van der Waals surface area contributed by atoms with Crippen molar-refractivity contribution in [2.24, 2.45) is 7.05 Å². The van der Waals surface area contributed by atoms with E-state index >= 15 is 0 Å². The van der Waals surface area contributed by atoms with E-state index in [9.17, 15) is 4.79 Å². The molecule has 0 unspecified atom stereocenters. The molecular formula is C11H16BrN3O2. The van der Waals surface area contributed by atoms with Crippen LogP contribution >= 0.6 is 15.9 Å². The molecule has 0 radical (unpaired) electrons. The van der Waals surface area contributed by atoms with Crippen LogP contribution in [0.4, 0.5) is 0 Å². The minimum Gasteiger partial charge on any atom is -0.370 e. The Hall–Kier alpha value is -0.720. The van der Waals surface area contributed by atoms with Gasteiger partial charge in [-0.3, -0.25) is 9.48 Å². The molecule has 0 aliphatic carbocycles. The number of ketones is 1. The molecule has 0 atom stereocenters. The molecule has 17 heavy (non-hydrogen) atoms. The molecule has 1 N–H and O–H groups in total. The number of aryl methyl sites for hydroxylation is 1. The molecule has 2 rings (SSSR count). The Balaban J connectivity index is 1.89. The summed E-state index contributed by atoms with van der Waals surface area (Å²) >= 11 is 3.31. The van der Waals surface area contributed by atoms with E-state index in [-0.39, 0.29) is 18.5 Å². The second-order valence-electron chi connectivity index (χ2n) is 4.15. The first kappa shape index (κ1) is 12.7. The van der Waals surface area contributed by atoms with Crippen molar-refractivity contribution in [1.82, 2.24) is 15.1 Å². The highest BCUT2D eigenvalue weighted by Gasteiger charge is 2.19. The normalized spacial score (nSPS) is 17.3. The van der Waals surface area contributed by atoms with Crippen LogP contribution < -0.4 is 5.32 Å². The zero-order chi connectivity index (χ0) is 12.3. The van der Waals surface area contributed by atoms with Crippen molar-refractivity contribution in [2.45, 2.75) is 18.9 Å². The first-order valence-electron chi connectivity index (χ1n) is 5.71. The fourth-order valence-electron chi connectivity index (χ4n) is 1.95. The van der Waals surface area contributed by atoms with Crippen LogP contribution in [0.5, 0.6) is 0 Å². The fourth-order valence-corrected chi connectivity index (χ4v) is 2.52. The van der Waals surface area contributed by atoms with Crippen molar-refractivity contribution in [3.05, 3.63) is 16.4 Å². The van der Waals surface area contributed by atoms with Crippen LogP contribution in [0.1, 0.15) is 23.3 Å². The molecule has 1 fully saturated rings. The maximum absolute atomic E-state index is 12.0. The Labute approximate surface area is 109 Å². The Kier molecular flexibility index (Phi) is 4.31. The third kappa shape index (κ3) is 3.14. The molecule has 94 valence electrons. The van der Waals surface area contributed by atoms with Gasteiger partial charge in [0.05, 0.1) is 16.8 Å². The Morgan fingerprint density at radius 3 is 2.94 bits per heavy atom. The van der Waals surface area contributed by atoms with Gasteiger partial charge in [0.2, 0.25) is 5.78 Å². The summed E-state index contributed by atoms with van der Waals surface area (Å²) in [5.74, 6) is -0.0320. The lowest BCUT2D eigenvalue weighted by atomic mass is 10.1. The Morgan fingerprint density at radius 2 is 2.35 bits per heavy atom. The quantitative estimate of drug-likeness (QED) is 0.847. The van der Waals surface area contributed by atoms with Gasteiger partial charge in [0.25, 0.3) is 0 Å². The third-order valence-electron chi connectivity index (χ3n) is 2.89. The third-order valence-corrected chi connectivity index (χ3v) is 3.47. The number of halogens is 1. The fraction of sp³-hybridized carbons (Fsp3) is 0.636. The number of hydrogen-bond donors (Lipinski definition) is 1. The number of hydrogen-bond acceptors (Lipinski definition) is 4. The van der Waals surface area contributed by atoms with Crippen LogP contribution in [0.2, 0.25) is 0 Å². The van der Waals surface area contributed by atoms with E-state index in [0.717, 1.165) is 30.4 Å². The largest absolute Gasteiger partial charge is 0.370 e. The van der Waals surface area contributed by atoms with Gasteiger partial charge in [0.1, 0.15) is 12.3 Å². The minimum atomic E-state index is -0.0320. The van der Waals surface area contributed by atoms with Crippen molar-refractivity contribution < 1.29 is 9.53 Å². The average Bonchev–Trinajstić information content (AvgIpc) is 2.67. The minimum absolute atomic E-state index is 0.0320. The highest BCUT2D eigenvalue weighted by atomic mass is 79.9. The highest BCUT2D eigenvalue weighted by molar-refractivity contribution is 9.10. The van der Waals surface area contributed by atoms with Gasteiger partial charge in [0.15, 0.2) is 0 Å². The molecule has 2 heterocycles. The van der Waals surface area contributed by atoms with Gasteiger partial charge >= 0.3 is 0 Å². The van der Waals surface area contributed by atoms with Gasteiger partial charge in [-0.15, -0.1) is 0 Å².